The Morgan fingerprint density at radius 2 is 1.88 bits per heavy atom. The summed E-state index contributed by atoms with van der Waals surface area (Å²) < 4.78 is 78.4. The van der Waals surface area contributed by atoms with Gasteiger partial charge >= 0.3 is 12.4 Å². The molecule has 1 aromatic carbocycles. The zero-order valence-corrected chi connectivity index (χ0v) is 13.1. The molecule has 138 valence electrons. The van der Waals surface area contributed by atoms with Crippen LogP contribution < -0.4 is 5.32 Å². The first-order valence-electron chi connectivity index (χ1n) is 7.86. The molecule has 2 heterocycles. The zero-order valence-electron chi connectivity index (χ0n) is 13.1. The Bertz CT molecular complexity index is 682. The normalized spacial score (nSPS) is 22.0. The van der Waals surface area contributed by atoms with Crippen LogP contribution in [0.25, 0.3) is 0 Å². The highest BCUT2D eigenvalue weighted by Crippen LogP contribution is 2.37. The van der Waals surface area contributed by atoms with E-state index in [-0.39, 0.29) is 42.7 Å². The average Bonchev–Trinajstić information content (AvgIpc) is 2.86. The molecule has 0 aromatic heterocycles. The number of nitrogens with one attached hydrogen (secondary N) is 1. The lowest BCUT2D eigenvalue weighted by Gasteiger charge is -2.33. The Hall–Kier alpha value is -1.77. The van der Waals surface area contributed by atoms with Gasteiger partial charge < -0.3 is 5.32 Å². The highest BCUT2D eigenvalue weighted by atomic mass is 19.4. The second-order valence-electron chi connectivity index (χ2n) is 6.47. The molecule has 25 heavy (non-hydrogen) atoms. The van der Waals surface area contributed by atoms with Crippen molar-refractivity contribution < 1.29 is 31.1 Å². The van der Waals surface area contributed by atoms with Crippen LogP contribution in [0.5, 0.6) is 0 Å². The van der Waals surface area contributed by atoms with Gasteiger partial charge in [-0.2, -0.15) is 26.3 Å². The third-order valence-electron chi connectivity index (χ3n) is 4.66. The first-order chi connectivity index (χ1) is 11.6. The predicted octanol–water partition coefficient (Wildman–Crippen LogP) is 3.72. The lowest BCUT2D eigenvalue weighted by atomic mass is 9.95. The molecule has 3 rings (SSSR count). The number of hydrogen-bond donors (Lipinski definition) is 1. The molecule has 3 nitrogen and oxygen atoms in total. The van der Waals surface area contributed by atoms with Crippen LogP contribution in [0.3, 0.4) is 0 Å². The SMILES string of the molecule is O=C1NCc2c1cc(CN1CCC[C@H](C(F)(F)F)C1)cc2C(F)(F)F. The van der Waals surface area contributed by atoms with E-state index >= 15 is 0 Å². The molecule has 1 N–H and O–H groups in total. The first-order valence-corrected chi connectivity index (χ1v) is 7.86. The minimum atomic E-state index is -4.62. The maximum atomic E-state index is 13.2. The van der Waals surface area contributed by atoms with Crippen LogP contribution in [-0.4, -0.2) is 30.1 Å². The summed E-state index contributed by atoms with van der Waals surface area (Å²) in [5.74, 6) is -2.06. The van der Waals surface area contributed by atoms with Crippen molar-refractivity contribution in [2.45, 2.75) is 38.3 Å². The number of likely N-dealkylation sites (tertiary alicyclic amines) is 1. The van der Waals surface area contributed by atoms with Crippen molar-refractivity contribution in [1.82, 2.24) is 10.2 Å². The van der Waals surface area contributed by atoms with Gasteiger partial charge in [0.1, 0.15) is 0 Å². The summed E-state index contributed by atoms with van der Waals surface area (Å²) >= 11 is 0. The number of benzene rings is 1. The van der Waals surface area contributed by atoms with Crippen molar-refractivity contribution in [1.29, 1.82) is 0 Å². The Morgan fingerprint density at radius 3 is 2.52 bits per heavy atom. The number of amides is 1. The largest absolute Gasteiger partial charge is 0.416 e. The highest BCUT2D eigenvalue weighted by molar-refractivity contribution is 5.99. The van der Waals surface area contributed by atoms with E-state index in [4.69, 9.17) is 0 Å². The summed E-state index contributed by atoms with van der Waals surface area (Å²) in [6.45, 7) is -0.0925. The van der Waals surface area contributed by atoms with Crippen LogP contribution in [0.2, 0.25) is 0 Å². The van der Waals surface area contributed by atoms with Crippen molar-refractivity contribution in [3.63, 3.8) is 0 Å². The van der Waals surface area contributed by atoms with E-state index < -0.39 is 29.7 Å². The second kappa shape index (κ2) is 6.19. The summed E-state index contributed by atoms with van der Waals surface area (Å²) in [7, 11) is 0. The monoisotopic (exact) mass is 366 g/mol. The van der Waals surface area contributed by atoms with Crippen LogP contribution in [0.4, 0.5) is 26.3 Å². The van der Waals surface area contributed by atoms with Crippen LogP contribution in [0, 0.1) is 5.92 Å². The molecule has 0 spiro atoms. The summed E-state index contributed by atoms with van der Waals surface area (Å²) in [6.07, 6.45) is -8.57. The summed E-state index contributed by atoms with van der Waals surface area (Å²) in [6, 6.07) is 2.29. The molecule has 1 fully saturated rings. The van der Waals surface area contributed by atoms with Crippen molar-refractivity contribution >= 4 is 5.91 Å². The van der Waals surface area contributed by atoms with Crippen LogP contribution in [0.1, 0.15) is 39.9 Å². The van der Waals surface area contributed by atoms with Gasteiger partial charge in [-0.05, 0) is 42.6 Å². The molecule has 0 unspecified atom stereocenters. The van der Waals surface area contributed by atoms with E-state index in [2.05, 4.69) is 5.32 Å². The molecule has 1 saturated heterocycles. The molecule has 2 aliphatic heterocycles. The summed E-state index contributed by atoms with van der Waals surface area (Å²) in [5.41, 5.74) is -0.851. The molecule has 0 bridgehead atoms. The van der Waals surface area contributed by atoms with E-state index in [0.717, 1.165) is 6.07 Å². The summed E-state index contributed by atoms with van der Waals surface area (Å²) in [4.78, 5) is 13.2. The molecule has 2 aliphatic rings. The van der Waals surface area contributed by atoms with Gasteiger partial charge in [-0.25, -0.2) is 0 Å². The molecule has 0 saturated carbocycles. The lowest BCUT2D eigenvalue weighted by Crippen LogP contribution is -2.41. The minimum absolute atomic E-state index is 0.0282. The van der Waals surface area contributed by atoms with E-state index in [0.29, 0.717) is 13.0 Å². The minimum Gasteiger partial charge on any atom is -0.348 e. The van der Waals surface area contributed by atoms with Gasteiger partial charge in [0.05, 0.1) is 11.5 Å². The van der Waals surface area contributed by atoms with Crippen LogP contribution in [0.15, 0.2) is 12.1 Å². The molecule has 1 amide bonds. The first kappa shape index (κ1) is 18.0. The predicted molar refractivity (Wildman–Crippen MR) is 76.7 cm³/mol. The molecule has 0 radical (unpaired) electrons. The molecule has 9 heteroatoms. The Kier molecular flexibility index (Phi) is 4.47. The third-order valence-corrected chi connectivity index (χ3v) is 4.66. The van der Waals surface area contributed by atoms with Gasteiger partial charge in [-0.3, -0.25) is 9.69 Å². The quantitative estimate of drug-likeness (QED) is 0.809. The Morgan fingerprint density at radius 1 is 1.16 bits per heavy atom. The fourth-order valence-electron chi connectivity index (χ4n) is 3.46. The topological polar surface area (TPSA) is 32.3 Å². The number of halogens is 6. The molecule has 1 atom stereocenters. The van der Waals surface area contributed by atoms with Crippen molar-refractivity contribution in [3.8, 4) is 0 Å². The van der Waals surface area contributed by atoms with Crippen molar-refractivity contribution in [2.24, 2.45) is 5.92 Å². The van der Waals surface area contributed by atoms with E-state index in [1.165, 1.54) is 11.0 Å². The Balaban J connectivity index is 1.86. The van der Waals surface area contributed by atoms with E-state index in [9.17, 15) is 31.1 Å². The fourth-order valence-corrected chi connectivity index (χ4v) is 3.46. The molecule has 1 aromatic rings. The maximum absolute atomic E-state index is 13.2. The number of piperidine rings is 1. The fraction of sp³-hybridized carbons (Fsp3) is 0.562. The number of alkyl halides is 6. The van der Waals surface area contributed by atoms with Gasteiger partial charge in [0.2, 0.25) is 0 Å². The highest BCUT2D eigenvalue weighted by Gasteiger charge is 2.42. The van der Waals surface area contributed by atoms with Crippen LogP contribution in [-0.2, 0) is 19.3 Å². The number of hydrogen-bond acceptors (Lipinski definition) is 2. The second-order valence-corrected chi connectivity index (χ2v) is 6.47. The van der Waals surface area contributed by atoms with E-state index in [1.54, 1.807) is 0 Å². The van der Waals surface area contributed by atoms with Gasteiger partial charge in [-0.15, -0.1) is 0 Å². The van der Waals surface area contributed by atoms with Crippen molar-refractivity contribution in [3.05, 3.63) is 34.4 Å². The third kappa shape index (κ3) is 3.75. The zero-order chi connectivity index (χ0) is 18.4. The molecular weight excluding hydrogens is 350 g/mol. The van der Waals surface area contributed by atoms with Gasteiger partial charge in [0.25, 0.3) is 5.91 Å². The number of nitrogens with zero attached hydrogens (tertiary/aromatic N) is 1. The standard InChI is InChI=1S/C16H16F6N2O/c17-15(18,19)10-2-1-3-24(8-10)7-9-4-11-12(6-23-14(11)25)13(5-9)16(20,21)22/h4-5,10H,1-3,6-8H2,(H,23,25)/t10-/m0/s1. The van der Waals surface area contributed by atoms with Gasteiger partial charge in [0, 0.05) is 25.2 Å². The number of carbonyl (C=O) groups excluding carboxylic acids is 1. The lowest BCUT2D eigenvalue weighted by molar-refractivity contribution is -0.187. The molecular formula is C16H16F6N2O. The smallest absolute Gasteiger partial charge is 0.348 e. The average molecular weight is 366 g/mol. The van der Waals surface area contributed by atoms with E-state index in [1.807, 2.05) is 0 Å². The Labute approximate surface area is 140 Å². The number of fused-ring (bicyclic) bond motifs is 1. The number of rotatable bonds is 2. The maximum Gasteiger partial charge on any atom is 0.416 e. The van der Waals surface area contributed by atoms with Gasteiger partial charge in [0.15, 0.2) is 0 Å². The van der Waals surface area contributed by atoms with Crippen molar-refractivity contribution in [2.75, 3.05) is 13.1 Å². The summed E-state index contributed by atoms with van der Waals surface area (Å²) in [5, 5.41) is 2.35. The molecule has 0 aliphatic carbocycles. The van der Waals surface area contributed by atoms with Crippen LogP contribution >= 0.6 is 0 Å². The van der Waals surface area contributed by atoms with Gasteiger partial charge in [-0.1, -0.05) is 0 Å². The number of carbonyl (C=O) groups is 1.